The van der Waals surface area contributed by atoms with Crippen LogP contribution in [0.4, 0.5) is 18.9 Å². The van der Waals surface area contributed by atoms with E-state index < -0.39 is 57.4 Å². The molecule has 2 rings (SSSR count). The average molecular weight is 576 g/mol. The minimum absolute atomic E-state index is 0.0247. The van der Waals surface area contributed by atoms with E-state index in [0.29, 0.717) is 15.9 Å². The summed E-state index contributed by atoms with van der Waals surface area (Å²) < 4.78 is 66.0. The van der Waals surface area contributed by atoms with Crippen LogP contribution in [0.5, 0.6) is 0 Å². The second-order valence-electron chi connectivity index (χ2n) is 10.1. The number of benzene rings is 2. The van der Waals surface area contributed by atoms with E-state index in [1.807, 2.05) is 19.1 Å². The van der Waals surface area contributed by atoms with Crippen LogP contribution in [0, 0.1) is 6.92 Å². The summed E-state index contributed by atoms with van der Waals surface area (Å²) in [5.41, 5.74) is -0.543. The molecule has 210 valence electrons. The zero-order valence-electron chi connectivity index (χ0n) is 22.2. The van der Waals surface area contributed by atoms with Crippen LogP contribution in [0.15, 0.2) is 42.5 Å². The van der Waals surface area contributed by atoms with E-state index in [1.165, 1.54) is 4.90 Å². The van der Waals surface area contributed by atoms with Crippen molar-refractivity contribution < 1.29 is 31.2 Å². The third-order valence-electron chi connectivity index (χ3n) is 5.58. The van der Waals surface area contributed by atoms with E-state index in [9.17, 15) is 31.2 Å². The van der Waals surface area contributed by atoms with Crippen molar-refractivity contribution in [2.24, 2.45) is 0 Å². The molecule has 0 radical (unpaired) electrons. The van der Waals surface area contributed by atoms with E-state index in [1.54, 1.807) is 39.8 Å². The SMILES string of the molecule is CCC(C(=O)NC(C)(C)C)N(Cc1ccc(C)cc1)C(=O)CN(c1cc(C(F)(F)F)ccc1Cl)S(C)(=O)=O. The van der Waals surface area contributed by atoms with Crippen molar-refractivity contribution >= 4 is 39.1 Å². The number of nitrogens with one attached hydrogen (secondary N) is 1. The Morgan fingerprint density at radius 3 is 2.11 bits per heavy atom. The van der Waals surface area contributed by atoms with Gasteiger partial charge < -0.3 is 10.2 Å². The Morgan fingerprint density at radius 2 is 1.63 bits per heavy atom. The molecule has 1 N–H and O–H groups in total. The first-order valence-corrected chi connectivity index (χ1v) is 14.1. The molecule has 38 heavy (non-hydrogen) atoms. The Kier molecular flexibility index (Phi) is 9.88. The maximum Gasteiger partial charge on any atom is 0.416 e. The number of hydrogen-bond acceptors (Lipinski definition) is 4. The van der Waals surface area contributed by atoms with Gasteiger partial charge in [-0.15, -0.1) is 0 Å². The monoisotopic (exact) mass is 575 g/mol. The van der Waals surface area contributed by atoms with Crippen LogP contribution in [-0.4, -0.2) is 49.5 Å². The highest BCUT2D eigenvalue weighted by atomic mass is 35.5. The van der Waals surface area contributed by atoms with Gasteiger partial charge in [0.05, 0.1) is 22.5 Å². The molecule has 0 aliphatic rings. The largest absolute Gasteiger partial charge is 0.416 e. The molecule has 7 nitrogen and oxygen atoms in total. The number of halogens is 4. The van der Waals surface area contributed by atoms with Crippen molar-refractivity contribution in [3.63, 3.8) is 0 Å². The molecule has 0 aliphatic heterocycles. The number of alkyl halides is 3. The van der Waals surface area contributed by atoms with Gasteiger partial charge in [0.1, 0.15) is 12.6 Å². The summed E-state index contributed by atoms with van der Waals surface area (Å²) in [6.45, 7) is 8.07. The second-order valence-corrected chi connectivity index (χ2v) is 12.4. The number of nitrogens with zero attached hydrogens (tertiary/aromatic N) is 2. The van der Waals surface area contributed by atoms with Gasteiger partial charge in [-0.2, -0.15) is 13.2 Å². The normalized spacial score (nSPS) is 13.1. The molecule has 0 saturated carbocycles. The van der Waals surface area contributed by atoms with Gasteiger partial charge in [-0.05, 0) is 57.9 Å². The van der Waals surface area contributed by atoms with Gasteiger partial charge in [-0.1, -0.05) is 48.4 Å². The summed E-state index contributed by atoms with van der Waals surface area (Å²) in [6, 6.07) is 8.49. The first-order valence-electron chi connectivity index (χ1n) is 11.8. The standard InChI is InChI=1S/C26H33ClF3N3O4S/c1-7-21(24(35)31-25(3,4)5)32(15-18-10-8-17(2)9-11-18)23(34)16-33(38(6,36)37)22-14-19(26(28,29)30)12-13-20(22)27/h8-14,21H,7,15-16H2,1-6H3,(H,31,35). The van der Waals surface area contributed by atoms with Gasteiger partial charge in [0.25, 0.3) is 0 Å². The van der Waals surface area contributed by atoms with Crippen molar-refractivity contribution in [3.05, 3.63) is 64.2 Å². The van der Waals surface area contributed by atoms with Gasteiger partial charge in [-0.3, -0.25) is 13.9 Å². The molecular formula is C26H33ClF3N3O4S. The highest BCUT2D eigenvalue weighted by molar-refractivity contribution is 7.92. The molecule has 0 spiro atoms. The third-order valence-corrected chi connectivity index (χ3v) is 7.03. The number of anilines is 1. The van der Waals surface area contributed by atoms with E-state index >= 15 is 0 Å². The first-order chi connectivity index (χ1) is 17.3. The Balaban J connectivity index is 2.56. The molecule has 0 heterocycles. The van der Waals surface area contributed by atoms with Crippen molar-refractivity contribution in [1.82, 2.24) is 10.2 Å². The van der Waals surface area contributed by atoms with Gasteiger partial charge in [0, 0.05) is 12.1 Å². The number of aryl methyl sites for hydroxylation is 1. The number of carbonyl (C=O) groups is 2. The van der Waals surface area contributed by atoms with Gasteiger partial charge in [0.15, 0.2) is 0 Å². The second kappa shape index (κ2) is 11.9. The Morgan fingerprint density at radius 1 is 1.05 bits per heavy atom. The minimum atomic E-state index is -4.76. The van der Waals surface area contributed by atoms with Crippen LogP contribution in [0.25, 0.3) is 0 Å². The van der Waals surface area contributed by atoms with Crippen LogP contribution in [0.2, 0.25) is 5.02 Å². The highest BCUT2D eigenvalue weighted by Gasteiger charge is 2.35. The maximum atomic E-state index is 13.7. The lowest BCUT2D eigenvalue weighted by molar-refractivity contribution is -0.141. The number of rotatable bonds is 9. The molecule has 1 unspecified atom stereocenters. The molecule has 0 bridgehead atoms. The molecule has 2 amide bonds. The molecule has 0 saturated heterocycles. The van der Waals surface area contributed by atoms with Crippen LogP contribution in [-0.2, 0) is 32.3 Å². The highest BCUT2D eigenvalue weighted by Crippen LogP contribution is 2.36. The predicted molar refractivity (Wildman–Crippen MR) is 142 cm³/mol. The lowest BCUT2D eigenvalue weighted by atomic mass is 10.1. The van der Waals surface area contributed by atoms with Gasteiger partial charge in [0.2, 0.25) is 21.8 Å². The van der Waals surface area contributed by atoms with Crippen molar-refractivity contribution in [2.75, 3.05) is 17.1 Å². The van der Waals surface area contributed by atoms with E-state index in [0.717, 1.165) is 24.0 Å². The maximum absolute atomic E-state index is 13.7. The summed E-state index contributed by atoms with van der Waals surface area (Å²) in [5.74, 6) is -1.22. The molecule has 0 aromatic heterocycles. The molecule has 0 aliphatic carbocycles. The predicted octanol–water partition coefficient (Wildman–Crippen LogP) is 5.16. The third kappa shape index (κ3) is 8.62. The van der Waals surface area contributed by atoms with Crippen molar-refractivity contribution in [2.45, 2.75) is 65.3 Å². The number of sulfonamides is 1. The summed E-state index contributed by atoms with van der Waals surface area (Å²) in [7, 11) is -4.26. The minimum Gasteiger partial charge on any atom is -0.350 e. The molecule has 2 aromatic rings. The van der Waals surface area contributed by atoms with E-state index in [2.05, 4.69) is 5.32 Å². The summed E-state index contributed by atoms with van der Waals surface area (Å²) in [6.07, 6.45) is -3.78. The molecule has 1 atom stereocenters. The zero-order valence-corrected chi connectivity index (χ0v) is 23.8. The topological polar surface area (TPSA) is 86.8 Å². The summed E-state index contributed by atoms with van der Waals surface area (Å²) in [4.78, 5) is 28.1. The Hall–Kier alpha value is -2.79. The van der Waals surface area contributed by atoms with Crippen LogP contribution < -0.4 is 9.62 Å². The van der Waals surface area contributed by atoms with Gasteiger partial charge >= 0.3 is 6.18 Å². The Labute approximate surface area is 227 Å². The smallest absolute Gasteiger partial charge is 0.350 e. The van der Waals surface area contributed by atoms with Crippen molar-refractivity contribution in [3.8, 4) is 0 Å². The fourth-order valence-corrected chi connectivity index (χ4v) is 4.86. The summed E-state index contributed by atoms with van der Waals surface area (Å²) in [5, 5.41) is 2.56. The molecule has 12 heteroatoms. The lowest BCUT2D eigenvalue weighted by Crippen LogP contribution is -2.55. The van der Waals surface area contributed by atoms with E-state index in [-0.39, 0.29) is 18.0 Å². The fraction of sp³-hybridized carbons (Fsp3) is 0.462. The molecule has 2 aromatic carbocycles. The Bertz CT molecular complexity index is 1260. The van der Waals surface area contributed by atoms with Crippen LogP contribution in [0.3, 0.4) is 0 Å². The molecular weight excluding hydrogens is 543 g/mol. The lowest BCUT2D eigenvalue weighted by Gasteiger charge is -2.34. The number of carbonyl (C=O) groups excluding carboxylic acids is 2. The zero-order chi connectivity index (χ0) is 29.1. The fourth-order valence-electron chi connectivity index (χ4n) is 3.74. The number of amides is 2. The average Bonchev–Trinajstić information content (AvgIpc) is 2.76. The van der Waals surface area contributed by atoms with Gasteiger partial charge in [-0.25, -0.2) is 8.42 Å². The number of hydrogen-bond donors (Lipinski definition) is 1. The molecule has 0 fully saturated rings. The first kappa shape index (κ1) is 31.4. The summed E-state index contributed by atoms with van der Waals surface area (Å²) >= 11 is 6.11. The van der Waals surface area contributed by atoms with Crippen LogP contribution >= 0.6 is 11.6 Å². The van der Waals surface area contributed by atoms with Crippen molar-refractivity contribution in [1.29, 1.82) is 0 Å². The van der Waals surface area contributed by atoms with Crippen LogP contribution in [0.1, 0.15) is 50.8 Å². The quantitative estimate of drug-likeness (QED) is 0.448. The van der Waals surface area contributed by atoms with E-state index in [4.69, 9.17) is 11.6 Å².